The summed E-state index contributed by atoms with van der Waals surface area (Å²) >= 11 is 0. The van der Waals surface area contributed by atoms with Crippen LogP contribution in [0.25, 0.3) is 0 Å². The molecular formula is C21H22N2O5. The normalized spacial score (nSPS) is 13.2. The van der Waals surface area contributed by atoms with Gasteiger partial charge < -0.3 is 24.8 Å². The van der Waals surface area contributed by atoms with Gasteiger partial charge in [0.25, 0.3) is 0 Å². The summed E-state index contributed by atoms with van der Waals surface area (Å²) in [6.45, 7) is 1.98. The lowest BCUT2D eigenvalue weighted by atomic mass is 10.1. The van der Waals surface area contributed by atoms with Gasteiger partial charge in [0, 0.05) is 6.20 Å². The third-order valence-corrected chi connectivity index (χ3v) is 4.07. The molecule has 0 fully saturated rings. The summed E-state index contributed by atoms with van der Waals surface area (Å²) in [6.07, 6.45) is 3.35. The van der Waals surface area contributed by atoms with Crippen LogP contribution in [-0.2, 0) is 22.6 Å². The summed E-state index contributed by atoms with van der Waals surface area (Å²) in [5.41, 5.74) is 1.91. The number of nitrogens with one attached hydrogen (secondary N) is 2. The van der Waals surface area contributed by atoms with Gasteiger partial charge in [-0.1, -0.05) is 42.5 Å². The Bertz CT molecular complexity index is 851. The molecule has 1 heterocycles. The van der Waals surface area contributed by atoms with Crippen molar-refractivity contribution in [3.8, 4) is 11.5 Å². The first kappa shape index (κ1) is 19.3. The van der Waals surface area contributed by atoms with Crippen LogP contribution in [-0.4, -0.2) is 24.8 Å². The Kier molecular flexibility index (Phi) is 6.51. The Hall–Kier alpha value is -3.48. The summed E-state index contributed by atoms with van der Waals surface area (Å²) in [7, 11) is 0. The van der Waals surface area contributed by atoms with Crippen LogP contribution in [0.4, 0.5) is 4.79 Å². The maximum absolute atomic E-state index is 12.0. The van der Waals surface area contributed by atoms with Crippen LogP contribution in [0, 0.1) is 0 Å². The zero-order valence-corrected chi connectivity index (χ0v) is 15.5. The highest BCUT2D eigenvalue weighted by Crippen LogP contribution is 2.32. The van der Waals surface area contributed by atoms with Gasteiger partial charge in [0.2, 0.25) is 12.7 Å². The fourth-order valence-corrected chi connectivity index (χ4v) is 2.54. The molecule has 0 saturated carbocycles. The molecule has 0 radical (unpaired) electrons. The van der Waals surface area contributed by atoms with Crippen LogP contribution < -0.4 is 20.1 Å². The van der Waals surface area contributed by atoms with E-state index in [-0.39, 0.29) is 19.3 Å². The summed E-state index contributed by atoms with van der Waals surface area (Å²) in [5.74, 6) is 1.13. The van der Waals surface area contributed by atoms with Crippen LogP contribution in [0.3, 0.4) is 0 Å². The molecule has 2 aromatic rings. The highest BCUT2D eigenvalue weighted by Gasteiger charge is 2.15. The molecule has 0 saturated heterocycles. The average Bonchev–Trinajstić information content (AvgIpc) is 3.18. The number of carbonyl (C=O) groups is 2. The molecule has 1 aliphatic rings. The number of hydrogen-bond acceptors (Lipinski definition) is 5. The number of benzene rings is 2. The number of hydrogen-bond donors (Lipinski definition) is 2. The predicted molar refractivity (Wildman–Crippen MR) is 103 cm³/mol. The van der Waals surface area contributed by atoms with Gasteiger partial charge >= 0.3 is 6.09 Å². The first-order chi connectivity index (χ1) is 13.6. The van der Waals surface area contributed by atoms with Crippen molar-refractivity contribution < 1.29 is 23.8 Å². The second kappa shape index (κ2) is 9.45. The zero-order chi connectivity index (χ0) is 19.8. The van der Waals surface area contributed by atoms with Crippen molar-refractivity contribution in [1.82, 2.24) is 10.6 Å². The van der Waals surface area contributed by atoms with Crippen LogP contribution in [0.2, 0.25) is 0 Å². The number of carbonyl (C=O) groups excluding carboxylic acids is 2. The molecule has 2 aromatic carbocycles. The Balaban J connectivity index is 1.37. The zero-order valence-electron chi connectivity index (χ0n) is 15.5. The molecule has 0 bridgehead atoms. The molecule has 0 spiro atoms. The number of ether oxygens (including phenoxy) is 3. The molecule has 7 nitrogen and oxygen atoms in total. The topological polar surface area (TPSA) is 85.9 Å². The van der Waals surface area contributed by atoms with Gasteiger partial charge in [0.15, 0.2) is 11.5 Å². The quantitative estimate of drug-likeness (QED) is 0.769. The van der Waals surface area contributed by atoms with Crippen LogP contribution in [0.1, 0.15) is 18.1 Å². The van der Waals surface area contributed by atoms with E-state index in [0.29, 0.717) is 6.42 Å². The number of rotatable bonds is 7. The van der Waals surface area contributed by atoms with E-state index in [2.05, 4.69) is 10.6 Å². The number of alkyl carbamates (subject to hydrolysis) is 1. The summed E-state index contributed by atoms with van der Waals surface area (Å²) in [4.78, 5) is 23.8. The smallest absolute Gasteiger partial charge is 0.408 e. The van der Waals surface area contributed by atoms with E-state index in [9.17, 15) is 9.59 Å². The van der Waals surface area contributed by atoms with Crippen molar-refractivity contribution in [3.05, 3.63) is 71.9 Å². The van der Waals surface area contributed by atoms with Crippen molar-refractivity contribution in [2.45, 2.75) is 26.0 Å². The summed E-state index contributed by atoms with van der Waals surface area (Å²) in [6, 6.07) is 14.3. The molecule has 7 heteroatoms. The van der Waals surface area contributed by atoms with Gasteiger partial charge in [-0.05, 0) is 36.6 Å². The molecular weight excluding hydrogens is 360 g/mol. The largest absolute Gasteiger partial charge is 0.454 e. The van der Waals surface area contributed by atoms with E-state index in [1.165, 1.54) is 0 Å². The highest BCUT2D eigenvalue weighted by atomic mass is 16.7. The van der Waals surface area contributed by atoms with Crippen molar-refractivity contribution in [2.75, 3.05) is 6.79 Å². The Morgan fingerprint density at radius 1 is 1.11 bits per heavy atom. The van der Waals surface area contributed by atoms with Crippen molar-refractivity contribution in [1.29, 1.82) is 0 Å². The monoisotopic (exact) mass is 382 g/mol. The molecule has 1 aliphatic heterocycles. The maximum Gasteiger partial charge on any atom is 0.408 e. The lowest BCUT2D eigenvalue weighted by Gasteiger charge is -2.12. The Morgan fingerprint density at radius 3 is 2.71 bits per heavy atom. The van der Waals surface area contributed by atoms with E-state index >= 15 is 0 Å². The van der Waals surface area contributed by atoms with Crippen LogP contribution in [0.15, 0.2) is 60.8 Å². The lowest BCUT2D eigenvalue weighted by Crippen LogP contribution is -2.43. The van der Waals surface area contributed by atoms with Gasteiger partial charge in [-0.15, -0.1) is 0 Å². The van der Waals surface area contributed by atoms with Crippen molar-refractivity contribution >= 4 is 12.0 Å². The standard InChI is InChI=1S/C21H22N2O5/c1-15(23-21(25)26-13-17-6-3-2-4-7-17)20(24)22-11-5-8-16-9-10-18-19(12-16)28-14-27-18/h2-7,9-12,15H,8,13-14H2,1H3,(H,22,24)(H,23,25)/b11-5+/t15-/m1/s1. The second-order valence-corrected chi connectivity index (χ2v) is 6.23. The maximum atomic E-state index is 12.0. The van der Waals surface area contributed by atoms with Gasteiger partial charge in [0.05, 0.1) is 0 Å². The Labute approximate surface area is 163 Å². The van der Waals surface area contributed by atoms with Crippen molar-refractivity contribution in [2.24, 2.45) is 0 Å². The number of fused-ring (bicyclic) bond motifs is 1. The molecule has 3 rings (SSSR count). The number of allylic oxidation sites excluding steroid dienone is 1. The van der Waals surface area contributed by atoms with Crippen molar-refractivity contribution in [3.63, 3.8) is 0 Å². The summed E-state index contributed by atoms with van der Waals surface area (Å²) < 4.78 is 15.7. The second-order valence-electron chi connectivity index (χ2n) is 6.23. The molecule has 2 N–H and O–H groups in total. The lowest BCUT2D eigenvalue weighted by molar-refractivity contribution is -0.121. The minimum Gasteiger partial charge on any atom is -0.454 e. The Morgan fingerprint density at radius 2 is 1.89 bits per heavy atom. The molecule has 0 aliphatic carbocycles. The van der Waals surface area contributed by atoms with Gasteiger partial charge in [0.1, 0.15) is 12.6 Å². The average molecular weight is 382 g/mol. The molecule has 0 aromatic heterocycles. The third kappa shape index (κ3) is 5.51. The van der Waals surface area contributed by atoms with E-state index < -0.39 is 12.1 Å². The number of amides is 2. The molecule has 28 heavy (non-hydrogen) atoms. The van der Waals surface area contributed by atoms with E-state index in [4.69, 9.17) is 14.2 Å². The molecule has 0 unspecified atom stereocenters. The highest BCUT2D eigenvalue weighted by molar-refractivity contribution is 5.85. The summed E-state index contributed by atoms with van der Waals surface area (Å²) in [5, 5.41) is 5.14. The van der Waals surface area contributed by atoms with E-state index in [1.54, 1.807) is 13.1 Å². The minimum atomic E-state index is -0.724. The molecule has 146 valence electrons. The van der Waals surface area contributed by atoms with Crippen LogP contribution in [0.5, 0.6) is 11.5 Å². The van der Waals surface area contributed by atoms with Gasteiger partial charge in [-0.25, -0.2) is 4.79 Å². The van der Waals surface area contributed by atoms with E-state index in [0.717, 1.165) is 22.6 Å². The van der Waals surface area contributed by atoms with Gasteiger partial charge in [-0.3, -0.25) is 4.79 Å². The third-order valence-electron chi connectivity index (χ3n) is 4.07. The van der Waals surface area contributed by atoms with Crippen LogP contribution >= 0.6 is 0 Å². The van der Waals surface area contributed by atoms with E-state index in [1.807, 2.05) is 54.6 Å². The molecule has 2 amide bonds. The first-order valence-corrected chi connectivity index (χ1v) is 8.93. The minimum absolute atomic E-state index is 0.149. The van der Waals surface area contributed by atoms with Gasteiger partial charge in [-0.2, -0.15) is 0 Å². The first-order valence-electron chi connectivity index (χ1n) is 8.93. The fraction of sp³-hybridized carbons (Fsp3) is 0.238. The SMILES string of the molecule is C[C@@H](NC(=O)OCc1ccccc1)C(=O)N/C=C/Cc1ccc2c(c1)OCO2. The molecule has 1 atom stereocenters. The predicted octanol–water partition coefficient (Wildman–Crippen LogP) is 2.90. The fourth-order valence-electron chi connectivity index (χ4n) is 2.54.